The van der Waals surface area contributed by atoms with Crippen LogP contribution in [0.3, 0.4) is 0 Å². The van der Waals surface area contributed by atoms with E-state index in [4.69, 9.17) is 21.1 Å². The van der Waals surface area contributed by atoms with Crippen LogP contribution >= 0.6 is 11.6 Å². The molecule has 0 unspecified atom stereocenters. The van der Waals surface area contributed by atoms with E-state index < -0.39 is 5.92 Å². The molecule has 7 nitrogen and oxygen atoms in total. The number of hydrogen-bond acceptors (Lipinski definition) is 5. The van der Waals surface area contributed by atoms with Crippen molar-refractivity contribution in [3.8, 4) is 11.5 Å². The zero-order valence-electron chi connectivity index (χ0n) is 19.1. The van der Waals surface area contributed by atoms with Crippen LogP contribution in [-0.4, -0.2) is 25.0 Å². The number of hydrazine groups is 1. The van der Waals surface area contributed by atoms with E-state index in [-0.39, 0.29) is 37.2 Å². The minimum absolute atomic E-state index is 0.117. The minimum Gasteiger partial charge on any atom is -0.490 e. The number of halogens is 2. The maximum atomic E-state index is 13.1. The summed E-state index contributed by atoms with van der Waals surface area (Å²) < 4.78 is 24.6. The zero-order valence-corrected chi connectivity index (χ0v) is 19.8. The average molecular weight is 498 g/mol. The van der Waals surface area contributed by atoms with Crippen molar-refractivity contribution < 1.29 is 23.5 Å². The van der Waals surface area contributed by atoms with Gasteiger partial charge in [-0.15, -0.1) is 0 Å². The lowest BCUT2D eigenvalue weighted by molar-refractivity contribution is -0.125. The van der Waals surface area contributed by atoms with Gasteiger partial charge in [-0.3, -0.25) is 20.4 Å². The molecule has 0 aromatic heterocycles. The molecule has 0 bridgehead atoms. The third kappa shape index (κ3) is 6.22. The topological polar surface area (TPSA) is 79.9 Å². The van der Waals surface area contributed by atoms with Gasteiger partial charge in [0.2, 0.25) is 11.8 Å². The van der Waals surface area contributed by atoms with Gasteiger partial charge < -0.3 is 14.4 Å². The third-order valence-electron chi connectivity index (χ3n) is 5.52. The summed E-state index contributed by atoms with van der Waals surface area (Å²) in [7, 11) is 0. The molecule has 9 heteroatoms. The van der Waals surface area contributed by atoms with E-state index in [2.05, 4.69) is 10.9 Å². The van der Waals surface area contributed by atoms with Crippen LogP contribution in [0, 0.1) is 11.7 Å². The smallest absolute Gasteiger partial charge is 0.243 e. The Morgan fingerprint density at radius 2 is 1.80 bits per heavy atom. The summed E-state index contributed by atoms with van der Waals surface area (Å²) in [6.07, 6.45) is 0.122. The first-order chi connectivity index (χ1) is 16.9. The number of carbonyl (C=O) groups is 2. The fourth-order valence-corrected chi connectivity index (χ4v) is 3.83. The molecule has 0 radical (unpaired) electrons. The molecule has 0 aliphatic carbocycles. The van der Waals surface area contributed by atoms with Crippen molar-refractivity contribution in [1.82, 2.24) is 5.43 Å². The molecule has 3 aromatic rings. The second kappa shape index (κ2) is 11.1. The molecular formula is C26H25ClFN3O4. The van der Waals surface area contributed by atoms with E-state index in [9.17, 15) is 14.0 Å². The van der Waals surface area contributed by atoms with Crippen LogP contribution in [0.2, 0.25) is 5.02 Å². The standard InChI is InChI=1S/C26H25ClFN3O4/c1-2-34-24-14-21(9-12-23(24)35-16-17-3-7-20(28)8-4-17)29-30-26(33)18-13-25(32)31(15-18)22-10-5-19(27)6-11-22/h3-12,14,18,29H,2,13,15-16H2,1H3,(H,30,33)/t18-/m1/s1. The first kappa shape index (κ1) is 24.3. The summed E-state index contributed by atoms with van der Waals surface area (Å²) in [6.45, 7) is 2.82. The molecule has 1 heterocycles. The number of hydrogen-bond donors (Lipinski definition) is 2. The number of nitrogens with zero attached hydrogens (tertiary/aromatic N) is 1. The van der Waals surface area contributed by atoms with Crippen LogP contribution in [0.1, 0.15) is 18.9 Å². The van der Waals surface area contributed by atoms with Gasteiger partial charge >= 0.3 is 0 Å². The second-order valence-corrected chi connectivity index (χ2v) is 8.44. The molecule has 3 aromatic carbocycles. The number of amides is 2. The maximum Gasteiger partial charge on any atom is 0.243 e. The van der Waals surface area contributed by atoms with Crippen molar-refractivity contribution in [2.45, 2.75) is 20.0 Å². The molecule has 0 spiro atoms. The summed E-state index contributed by atoms with van der Waals surface area (Å²) in [5.41, 5.74) is 7.68. The maximum absolute atomic E-state index is 13.1. The Labute approximate surface area is 207 Å². The van der Waals surface area contributed by atoms with Gasteiger partial charge in [0.05, 0.1) is 18.2 Å². The lowest BCUT2D eigenvalue weighted by Crippen LogP contribution is -2.36. The number of rotatable bonds is 9. The van der Waals surface area contributed by atoms with E-state index in [1.165, 1.54) is 12.1 Å². The Kier molecular flexibility index (Phi) is 7.72. The van der Waals surface area contributed by atoms with Crippen LogP contribution in [0.25, 0.3) is 0 Å². The average Bonchev–Trinajstić information content (AvgIpc) is 3.25. The van der Waals surface area contributed by atoms with Gasteiger partial charge in [0.1, 0.15) is 12.4 Å². The Morgan fingerprint density at radius 3 is 2.51 bits per heavy atom. The fourth-order valence-electron chi connectivity index (χ4n) is 3.70. The van der Waals surface area contributed by atoms with E-state index in [0.717, 1.165) is 5.56 Å². The molecule has 1 fully saturated rings. The van der Waals surface area contributed by atoms with Gasteiger partial charge in [0, 0.05) is 29.7 Å². The van der Waals surface area contributed by atoms with Crippen LogP contribution in [0.15, 0.2) is 66.7 Å². The van der Waals surface area contributed by atoms with Crippen LogP contribution in [0.5, 0.6) is 11.5 Å². The quantitative estimate of drug-likeness (QED) is 0.409. The molecule has 4 rings (SSSR count). The Morgan fingerprint density at radius 1 is 1.06 bits per heavy atom. The van der Waals surface area contributed by atoms with Crippen molar-refractivity contribution >= 4 is 34.8 Å². The normalized spacial score (nSPS) is 15.1. The number of ether oxygens (including phenoxy) is 2. The summed E-state index contributed by atoms with van der Waals surface area (Å²) >= 11 is 5.92. The molecule has 182 valence electrons. The van der Waals surface area contributed by atoms with Gasteiger partial charge in [-0.05, 0) is 61.0 Å². The fraction of sp³-hybridized carbons (Fsp3) is 0.231. The van der Waals surface area contributed by atoms with Crippen LogP contribution < -0.4 is 25.2 Å². The van der Waals surface area contributed by atoms with Crippen molar-refractivity contribution in [1.29, 1.82) is 0 Å². The Hall–Kier alpha value is -3.78. The number of benzene rings is 3. The summed E-state index contributed by atoms with van der Waals surface area (Å²) in [6, 6.07) is 18.2. The Bertz CT molecular complexity index is 1190. The highest BCUT2D eigenvalue weighted by Crippen LogP contribution is 2.31. The predicted molar refractivity (Wildman–Crippen MR) is 132 cm³/mol. The second-order valence-electron chi connectivity index (χ2n) is 8.01. The zero-order chi connectivity index (χ0) is 24.8. The Balaban J connectivity index is 1.35. The SMILES string of the molecule is CCOc1cc(NNC(=O)[C@@H]2CC(=O)N(c3ccc(Cl)cc3)C2)ccc1OCc1ccc(F)cc1. The number of carbonyl (C=O) groups excluding carboxylic acids is 2. The van der Waals surface area contributed by atoms with Crippen molar-refractivity contribution in [3.05, 3.63) is 83.1 Å². The summed E-state index contributed by atoms with van der Waals surface area (Å²) in [5, 5.41) is 0.581. The molecule has 35 heavy (non-hydrogen) atoms. The first-order valence-electron chi connectivity index (χ1n) is 11.2. The van der Waals surface area contributed by atoms with E-state index in [1.807, 2.05) is 6.92 Å². The van der Waals surface area contributed by atoms with Gasteiger partial charge in [-0.25, -0.2) is 4.39 Å². The van der Waals surface area contributed by atoms with Gasteiger partial charge in [0.15, 0.2) is 11.5 Å². The highest BCUT2D eigenvalue weighted by molar-refractivity contribution is 6.30. The lowest BCUT2D eigenvalue weighted by atomic mass is 10.1. The molecule has 2 N–H and O–H groups in total. The first-order valence-corrected chi connectivity index (χ1v) is 11.6. The third-order valence-corrected chi connectivity index (χ3v) is 5.77. The summed E-state index contributed by atoms with van der Waals surface area (Å²) in [4.78, 5) is 26.7. The molecule has 2 amide bonds. The van der Waals surface area contributed by atoms with Crippen molar-refractivity contribution in [2.75, 3.05) is 23.5 Å². The van der Waals surface area contributed by atoms with Crippen LogP contribution in [-0.2, 0) is 16.2 Å². The highest BCUT2D eigenvalue weighted by Gasteiger charge is 2.35. The predicted octanol–water partition coefficient (Wildman–Crippen LogP) is 4.95. The molecular weight excluding hydrogens is 473 g/mol. The van der Waals surface area contributed by atoms with Gasteiger partial charge in [0.25, 0.3) is 0 Å². The molecule has 1 aliphatic rings. The van der Waals surface area contributed by atoms with E-state index in [0.29, 0.717) is 34.5 Å². The summed E-state index contributed by atoms with van der Waals surface area (Å²) in [5.74, 6) is -0.179. The number of nitrogens with one attached hydrogen (secondary N) is 2. The van der Waals surface area contributed by atoms with Crippen molar-refractivity contribution in [3.63, 3.8) is 0 Å². The van der Waals surface area contributed by atoms with Gasteiger partial charge in [-0.1, -0.05) is 23.7 Å². The minimum atomic E-state index is -0.490. The van der Waals surface area contributed by atoms with E-state index >= 15 is 0 Å². The monoisotopic (exact) mass is 497 g/mol. The molecule has 1 saturated heterocycles. The molecule has 1 aliphatic heterocycles. The van der Waals surface area contributed by atoms with Gasteiger partial charge in [-0.2, -0.15) is 0 Å². The largest absolute Gasteiger partial charge is 0.490 e. The van der Waals surface area contributed by atoms with Crippen molar-refractivity contribution in [2.24, 2.45) is 5.92 Å². The lowest BCUT2D eigenvalue weighted by Gasteiger charge is -2.17. The van der Waals surface area contributed by atoms with Crippen LogP contribution in [0.4, 0.5) is 15.8 Å². The number of anilines is 2. The molecule has 0 saturated carbocycles. The molecule has 1 atom stereocenters. The highest BCUT2D eigenvalue weighted by atomic mass is 35.5. The van der Waals surface area contributed by atoms with E-state index in [1.54, 1.807) is 59.5 Å².